The van der Waals surface area contributed by atoms with E-state index in [2.05, 4.69) is 0 Å². The molecule has 3 rings (SSSR count). The van der Waals surface area contributed by atoms with Gasteiger partial charge < -0.3 is 28.5 Å². The first-order valence-electron chi connectivity index (χ1n) is 12.0. The van der Waals surface area contributed by atoms with Gasteiger partial charge in [-0.15, -0.1) is 0 Å². The molecule has 0 amide bonds. The first-order valence-corrected chi connectivity index (χ1v) is 14.9. The van der Waals surface area contributed by atoms with Crippen LogP contribution in [0, 0.1) is 0 Å². The summed E-state index contributed by atoms with van der Waals surface area (Å²) in [6, 6.07) is 16.4. The van der Waals surface area contributed by atoms with E-state index in [-0.39, 0.29) is 16.2 Å². The van der Waals surface area contributed by atoms with Crippen molar-refractivity contribution in [3.05, 3.63) is 71.8 Å². The zero-order valence-corrected chi connectivity index (χ0v) is 22.9. The van der Waals surface area contributed by atoms with Gasteiger partial charge in [0.1, 0.15) is 6.10 Å². The highest BCUT2D eigenvalue weighted by Gasteiger charge is 2.56. The molecule has 0 bridgehead atoms. The molecular formula is C27H34O9Si. The van der Waals surface area contributed by atoms with E-state index in [1.165, 1.54) is 7.11 Å². The Hall–Kier alpha value is -3.05. The van der Waals surface area contributed by atoms with E-state index in [0.717, 1.165) is 0 Å². The van der Waals surface area contributed by atoms with Crippen LogP contribution in [0.25, 0.3) is 0 Å². The molecule has 3 unspecified atom stereocenters. The molecule has 37 heavy (non-hydrogen) atoms. The van der Waals surface area contributed by atoms with Gasteiger partial charge in [-0.2, -0.15) is 0 Å². The normalized spacial score (nSPS) is 24.1. The van der Waals surface area contributed by atoms with Gasteiger partial charge in [0.15, 0.2) is 32.9 Å². The van der Waals surface area contributed by atoms with E-state index >= 15 is 0 Å². The molecule has 9 nitrogen and oxygen atoms in total. The highest BCUT2D eigenvalue weighted by Crippen LogP contribution is 2.40. The minimum absolute atomic E-state index is 0.222. The van der Waals surface area contributed by atoms with Crippen molar-refractivity contribution in [3.63, 3.8) is 0 Å². The fourth-order valence-corrected chi connectivity index (χ4v) is 4.86. The van der Waals surface area contributed by atoms with E-state index in [1.807, 2.05) is 33.9 Å². The zero-order chi connectivity index (χ0) is 27.4. The third-order valence-electron chi connectivity index (χ3n) is 6.69. The fraction of sp³-hybridized carbons (Fsp3) is 0.444. The first kappa shape index (κ1) is 28.5. The maximum atomic E-state index is 13.1. The van der Waals surface area contributed by atoms with Crippen molar-refractivity contribution < 1.29 is 42.9 Å². The first-order chi connectivity index (χ1) is 17.4. The monoisotopic (exact) mass is 530 g/mol. The van der Waals surface area contributed by atoms with Crippen LogP contribution in [0.15, 0.2) is 60.7 Å². The number of rotatable bonds is 7. The lowest BCUT2D eigenvalue weighted by molar-refractivity contribution is -0.276. The number of hydrogen-bond donors (Lipinski definition) is 1. The Morgan fingerprint density at radius 1 is 0.811 bits per heavy atom. The number of esters is 3. The summed E-state index contributed by atoms with van der Waals surface area (Å²) < 4.78 is 28.5. The van der Waals surface area contributed by atoms with Gasteiger partial charge in [0, 0.05) is 0 Å². The van der Waals surface area contributed by atoms with Crippen molar-refractivity contribution in [1.29, 1.82) is 0 Å². The molecule has 0 aromatic heterocycles. The van der Waals surface area contributed by atoms with Gasteiger partial charge >= 0.3 is 17.9 Å². The second kappa shape index (κ2) is 11.6. The lowest BCUT2D eigenvalue weighted by Crippen LogP contribution is -2.65. The van der Waals surface area contributed by atoms with Crippen LogP contribution in [0.1, 0.15) is 41.5 Å². The van der Waals surface area contributed by atoms with Gasteiger partial charge in [0.25, 0.3) is 0 Å². The third kappa shape index (κ3) is 6.64. The summed E-state index contributed by atoms with van der Waals surface area (Å²) in [5.74, 6) is -2.33. The van der Waals surface area contributed by atoms with Crippen molar-refractivity contribution in [1.82, 2.24) is 0 Å². The number of hydrogen-bond acceptors (Lipinski definition) is 9. The summed E-state index contributed by atoms with van der Waals surface area (Å²) >= 11 is 0. The minimum Gasteiger partial charge on any atom is -0.467 e. The zero-order valence-electron chi connectivity index (χ0n) is 21.9. The second-order valence-corrected chi connectivity index (χ2v) is 15.0. The molecule has 0 saturated carbocycles. The van der Waals surface area contributed by atoms with Gasteiger partial charge in [0.2, 0.25) is 0 Å². The van der Waals surface area contributed by atoms with Crippen LogP contribution in [-0.2, 0) is 28.2 Å². The van der Waals surface area contributed by atoms with E-state index in [0.29, 0.717) is 0 Å². The lowest BCUT2D eigenvalue weighted by atomic mass is 9.98. The number of carbonyl (C=O) groups is 3. The molecule has 0 aliphatic carbocycles. The van der Waals surface area contributed by atoms with Crippen molar-refractivity contribution >= 4 is 26.2 Å². The molecule has 200 valence electrons. The summed E-state index contributed by atoms with van der Waals surface area (Å²) in [5.41, 5.74) is 0.456. The van der Waals surface area contributed by atoms with Gasteiger partial charge in [0.05, 0.1) is 18.2 Å². The van der Waals surface area contributed by atoms with Crippen molar-refractivity contribution in [3.8, 4) is 0 Å². The van der Waals surface area contributed by atoms with Crippen molar-refractivity contribution in [2.24, 2.45) is 0 Å². The van der Waals surface area contributed by atoms with Crippen molar-refractivity contribution in [2.45, 2.75) is 69.6 Å². The summed E-state index contributed by atoms with van der Waals surface area (Å²) in [6.07, 6.45) is -7.34. The standard InChI is InChI=1S/C27H34O9Si/c1-27(2,3)37(5,6)36-20-19(33-23(28)17-13-9-7-10-14-17)21(26(31)35-22(20)25(30)32-4)34-24(29)18-15-11-8-12-16-18/h7-16,19-22,26,31H,1-6H3/t19-,20-,21?,22?,26?/m0/s1. The molecule has 10 heteroatoms. The maximum absolute atomic E-state index is 13.1. The largest absolute Gasteiger partial charge is 0.467 e. The predicted octanol–water partition coefficient (Wildman–Crippen LogP) is 3.72. The average molecular weight is 531 g/mol. The van der Waals surface area contributed by atoms with Crippen LogP contribution in [0.4, 0.5) is 0 Å². The molecular weight excluding hydrogens is 496 g/mol. The molecule has 0 radical (unpaired) electrons. The molecule has 1 fully saturated rings. The van der Waals surface area contributed by atoms with Gasteiger partial charge in [-0.3, -0.25) is 0 Å². The van der Waals surface area contributed by atoms with E-state index in [4.69, 9.17) is 23.4 Å². The van der Waals surface area contributed by atoms with Crippen LogP contribution < -0.4 is 0 Å². The van der Waals surface area contributed by atoms with E-state index in [9.17, 15) is 19.5 Å². The van der Waals surface area contributed by atoms with Crippen molar-refractivity contribution in [2.75, 3.05) is 7.11 Å². The summed E-state index contributed by atoms with van der Waals surface area (Å²) in [7, 11) is -1.45. The highest BCUT2D eigenvalue weighted by atomic mass is 28.4. The smallest absolute Gasteiger partial charge is 0.338 e. The Morgan fingerprint density at radius 2 is 1.27 bits per heavy atom. The Labute approximate surface area is 217 Å². The summed E-state index contributed by atoms with van der Waals surface area (Å²) in [4.78, 5) is 38.8. The van der Waals surface area contributed by atoms with Crippen LogP contribution >= 0.6 is 0 Å². The molecule has 1 N–H and O–H groups in total. The van der Waals surface area contributed by atoms with Crippen LogP contribution in [-0.4, -0.2) is 69.1 Å². The summed E-state index contributed by atoms with van der Waals surface area (Å²) in [5, 5.41) is 10.6. The molecule has 1 saturated heterocycles. The highest BCUT2D eigenvalue weighted by molar-refractivity contribution is 6.74. The van der Waals surface area contributed by atoms with E-state index in [1.54, 1.807) is 60.7 Å². The average Bonchev–Trinajstić information content (AvgIpc) is 2.87. The quantitative estimate of drug-likeness (QED) is 0.325. The molecule has 1 aliphatic rings. The molecule has 1 aliphatic heterocycles. The lowest BCUT2D eigenvalue weighted by Gasteiger charge is -2.47. The van der Waals surface area contributed by atoms with Gasteiger partial charge in [-0.1, -0.05) is 57.2 Å². The Balaban J connectivity index is 2.05. The molecule has 2 aromatic carbocycles. The van der Waals surface area contributed by atoms with Crippen LogP contribution in [0.2, 0.25) is 18.1 Å². The van der Waals surface area contributed by atoms with Crippen LogP contribution in [0.5, 0.6) is 0 Å². The molecule has 2 aromatic rings. The topological polar surface area (TPSA) is 118 Å². The fourth-order valence-electron chi connectivity index (χ4n) is 3.57. The summed E-state index contributed by atoms with van der Waals surface area (Å²) in [6.45, 7) is 9.91. The Bertz CT molecular complexity index is 1080. The molecule has 5 atom stereocenters. The number of benzene rings is 2. The number of ether oxygens (including phenoxy) is 4. The number of aliphatic hydroxyl groups is 1. The molecule has 1 heterocycles. The van der Waals surface area contributed by atoms with Gasteiger partial charge in [-0.25, -0.2) is 14.4 Å². The Kier molecular flexibility index (Phi) is 8.91. The van der Waals surface area contributed by atoms with E-state index < -0.39 is 56.9 Å². The predicted molar refractivity (Wildman–Crippen MR) is 136 cm³/mol. The number of carbonyl (C=O) groups excluding carboxylic acids is 3. The number of methoxy groups -OCH3 is 1. The minimum atomic E-state index is -2.62. The third-order valence-corrected chi connectivity index (χ3v) is 11.2. The SMILES string of the molecule is COC(=O)C1OC(O)C(OC(=O)c2ccccc2)[C@@H](OC(=O)c2ccccc2)[C@@H]1O[Si](C)(C)C(C)(C)C. The second-order valence-electron chi connectivity index (χ2n) is 10.3. The molecule has 0 spiro atoms. The van der Waals surface area contributed by atoms with Crippen LogP contribution in [0.3, 0.4) is 0 Å². The maximum Gasteiger partial charge on any atom is 0.338 e. The Morgan fingerprint density at radius 3 is 1.70 bits per heavy atom. The number of aliphatic hydroxyl groups excluding tert-OH is 1. The van der Waals surface area contributed by atoms with Gasteiger partial charge in [-0.05, 0) is 42.4 Å².